The molecule has 0 fully saturated rings. The van der Waals surface area contributed by atoms with Crippen LogP contribution in [-0.4, -0.2) is 12.6 Å². The number of fused-ring (bicyclic) bond motifs is 1. The quantitative estimate of drug-likeness (QED) is 0.935. The molecule has 3 rings (SSSR count). The maximum Gasteiger partial charge on any atom is 0.123 e. The van der Waals surface area contributed by atoms with E-state index in [1.165, 1.54) is 11.1 Å². The second-order valence-corrected chi connectivity index (χ2v) is 5.50. The summed E-state index contributed by atoms with van der Waals surface area (Å²) in [6, 6.07) is 16.2. The highest BCUT2D eigenvalue weighted by Crippen LogP contribution is 2.29. The molecule has 1 N–H and O–H groups in total. The maximum atomic E-state index is 8.89. The molecule has 0 amide bonds. The third-order valence-electron chi connectivity index (χ3n) is 3.71. The first kappa shape index (κ1) is 13.7. The number of hydrogen-bond acceptors (Lipinski definition) is 3. The summed E-state index contributed by atoms with van der Waals surface area (Å²) in [5.74, 6) is 1.01. The Morgan fingerprint density at radius 2 is 2.19 bits per heavy atom. The molecule has 0 bridgehead atoms. The van der Waals surface area contributed by atoms with Crippen molar-refractivity contribution in [2.75, 3.05) is 6.54 Å². The molecule has 0 spiro atoms. The van der Waals surface area contributed by atoms with Gasteiger partial charge in [0.15, 0.2) is 0 Å². The number of nitrogens with one attached hydrogen (secondary N) is 1. The fourth-order valence-electron chi connectivity index (χ4n) is 2.69. The lowest BCUT2D eigenvalue weighted by molar-refractivity contribution is 0.227. The lowest BCUT2D eigenvalue weighted by Crippen LogP contribution is -2.29. The van der Waals surface area contributed by atoms with E-state index in [1.54, 1.807) is 0 Å². The number of rotatable bonds is 4. The minimum Gasteiger partial charge on any atom is -0.488 e. The average molecular weight is 278 g/mol. The van der Waals surface area contributed by atoms with E-state index < -0.39 is 0 Å². The molecule has 106 valence electrons. The SMILES string of the molecule is Cc1ccc2c(c1)CC(CNCc1cccc(C#N)c1)O2. The van der Waals surface area contributed by atoms with Crippen molar-refractivity contribution in [3.63, 3.8) is 0 Å². The molecule has 0 aliphatic carbocycles. The van der Waals surface area contributed by atoms with E-state index in [2.05, 4.69) is 36.5 Å². The Morgan fingerprint density at radius 3 is 3.05 bits per heavy atom. The van der Waals surface area contributed by atoms with Crippen molar-refractivity contribution in [2.45, 2.75) is 26.0 Å². The van der Waals surface area contributed by atoms with E-state index in [0.29, 0.717) is 5.56 Å². The summed E-state index contributed by atoms with van der Waals surface area (Å²) in [6.07, 6.45) is 1.16. The summed E-state index contributed by atoms with van der Waals surface area (Å²) in [5.41, 5.74) is 4.40. The van der Waals surface area contributed by atoms with Crippen LogP contribution in [0, 0.1) is 18.3 Å². The Labute approximate surface area is 125 Å². The molecule has 0 aromatic heterocycles. The third kappa shape index (κ3) is 3.24. The second kappa shape index (κ2) is 5.99. The summed E-state index contributed by atoms with van der Waals surface area (Å²) >= 11 is 0. The van der Waals surface area contributed by atoms with Crippen LogP contribution in [0.1, 0.15) is 22.3 Å². The largest absolute Gasteiger partial charge is 0.488 e. The molecule has 3 heteroatoms. The third-order valence-corrected chi connectivity index (χ3v) is 3.71. The molecule has 3 nitrogen and oxygen atoms in total. The van der Waals surface area contributed by atoms with Gasteiger partial charge < -0.3 is 10.1 Å². The highest BCUT2D eigenvalue weighted by atomic mass is 16.5. The molecule has 1 heterocycles. The minimum absolute atomic E-state index is 0.195. The molecule has 1 atom stereocenters. The number of aryl methyl sites for hydroxylation is 1. The predicted molar refractivity (Wildman–Crippen MR) is 82.2 cm³/mol. The van der Waals surface area contributed by atoms with Crippen LogP contribution in [0.15, 0.2) is 42.5 Å². The molecule has 2 aromatic carbocycles. The molecule has 21 heavy (non-hydrogen) atoms. The van der Waals surface area contributed by atoms with Gasteiger partial charge in [0.2, 0.25) is 0 Å². The van der Waals surface area contributed by atoms with Crippen molar-refractivity contribution in [1.82, 2.24) is 5.32 Å². The lowest BCUT2D eigenvalue weighted by Gasteiger charge is -2.12. The highest BCUT2D eigenvalue weighted by molar-refractivity contribution is 5.40. The van der Waals surface area contributed by atoms with Gasteiger partial charge in [0.1, 0.15) is 11.9 Å². The van der Waals surface area contributed by atoms with E-state index in [1.807, 2.05) is 24.3 Å². The summed E-state index contributed by atoms with van der Waals surface area (Å²) in [6.45, 7) is 3.67. The van der Waals surface area contributed by atoms with Crippen molar-refractivity contribution in [3.8, 4) is 11.8 Å². The molecular formula is C18H18N2O. The van der Waals surface area contributed by atoms with Crippen LogP contribution in [0.2, 0.25) is 0 Å². The first-order chi connectivity index (χ1) is 10.2. The van der Waals surface area contributed by atoms with Gasteiger partial charge in [-0.05, 0) is 36.2 Å². The normalized spacial score (nSPS) is 16.1. The summed E-state index contributed by atoms with van der Waals surface area (Å²) < 4.78 is 5.93. The van der Waals surface area contributed by atoms with E-state index in [4.69, 9.17) is 10.00 Å². The second-order valence-electron chi connectivity index (χ2n) is 5.50. The lowest BCUT2D eigenvalue weighted by atomic mass is 10.1. The first-order valence-electron chi connectivity index (χ1n) is 7.20. The minimum atomic E-state index is 0.195. The summed E-state index contributed by atoms with van der Waals surface area (Å²) in [4.78, 5) is 0. The molecule has 0 radical (unpaired) electrons. The Morgan fingerprint density at radius 1 is 1.29 bits per heavy atom. The molecule has 2 aromatic rings. The van der Waals surface area contributed by atoms with Gasteiger partial charge in [0.25, 0.3) is 0 Å². The first-order valence-corrected chi connectivity index (χ1v) is 7.20. The van der Waals surface area contributed by atoms with E-state index in [9.17, 15) is 0 Å². The van der Waals surface area contributed by atoms with Crippen LogP contribution >= 0.6 is 0 Å². The van der Waals surface area contributed by atoms with Crippen LogP contribution in [0.25, 0.3) is 0 Å². The number of hydrogen-bond donors (Lipinski definition) is 1. The van der Waals surface area contributed by atoms with Gasteiger partial charge in [0.05, 0.1) is 11.6 Å². The maximum absolute atomic E-state index is 8.89. The van der Waals surface area contributed by atoms with Gasteiger partial charge in [-0.2, -0.15) is 5.26 Å². The Kier molecular flexibility index (Phi) is 3.89. The van der Waals surface area contributed by atoms with Crippen LogP contribution in [0.5, 0.6) is 5.75 Å². The molecular weight excluding hydrogens is 260 g/mol. The van der Waals surface area contributed by atoms with Crippen LogP contribution in [0.3, 0.4) is 0 Å². The zero-order valence-electron chi connectivity index (χ0n) is 12.1. The van der Waals surface area contributed by atoms with Crippen molar-refractivity contribution in [1.29, 1.82) is 5.26 Å². The van der Waals surface area contributed by atoms with Crippen LogP contribution in [0.4, 0.5) is 0 Å². The van der Waals surface area contributed by atoms with Gasteiger partial charge >= 0.3 is 0 Å². The topological polar surface area (TPSA) is 45.0 Å². The molecule has 1 aliphatic rings. The average Bonchev–Trinajstić information content (AvgIpc) is 2.89. The summed E-state index contributed by atoms with van der Waals surface area (Å²) in [7, 11) is 0. The monoisotopic (exact) mass is 278 g/mol. The van der Waals surface area contributed by atoms with Crippen LogP contribution < -0.4 is 10.1 Å². The molecule has 0 saturated carbocycles. The smallest absolute Gasteiger partial charge is 0.123 e. The van der Waals surface area contributed by atoms with Gasteiger partial charge in [-0.25, -0.2) is 0 Å². The fourth-order valence-corrected chi connectivity index (χ4v) is 2.69. The van der Waals surface area contributed by atoms with Gasteiger partial charge in [-0.1, -0.05) is 29.8 Å². The number of ether oxygens (including phenoxy) is 1. The molecule has 1 unspecified atom stereocenters. The van der Waals surface area contributed by atoms with Crippen molar-refractivity contribution >= 4 is 0 Å². The van der Waals surface area contributed by atoms with E-state index in [0.717, 1.165) is 30.8 Å². The predicted octanol–water partition coefficient (Wildman–Crippen LogP) is 2.96. The number of nitriles is 1. The van der Waals surface area contributed by atoms with Gasteiger partial charge in [0, 0.05) is 19.5 Å². The fraction of sp³-hybridized carbons (Fsp3) is 0.278. The zero-order valence-corrected chi connectivity index (χ0v) is 12.1. The van der Waals surface area contributed by atoms with Crippen LogP contribution in [-0.2, 0) is 13.0 Å². The number of nitrogens with zero attached hydrogens (tertiary/aromatic N) is 1. The highest BCUT2D eigenvalue weighted by Gasteiger charge is 2.22. The van der Waals surface area contributed by atoms with E-state index >= 15 is 0 Å². The molecule has 1 aliphatic heterocycles. The number of benzene rings is 2. The van der Waals surface area contributed by atoms with Crippen molar-refractivity contribution < 1.29 is 4.74 Å². The van der Waals surface area contributed by atoms with Gasteiger partial charge in [-0.15, -0.1) is 0 Å². The van der Waals surface area contributed by atoms with E-state index in [-0.39, 0.29) is 6.10 Å². The standard InChI is InChI=1S/C18H18N2O/c1-13-5-6-18-16(7-13)9-17(21-18)12-20-11-15-4-2-3-14(8-15)10-19/h2-8,17,20H,9,11-12H2,1H3. The zero-order chi connectivity index (χ0) is 14.7. The molecule has 0 saturated heterocycles. The van der Waals surface area contributed by atoms with Crippen molar-refractivity contribution in [3.05, 3.63) is 64.7 Å². The summed E-state index contributed by atoms with van der Waals surface area (Å²) in [5, 5.41) is 12.3. The Bertz CT molecular complexity index is 688. The Balaban J connectivity index is 1.52. The Hall–Kier alpha value is -2.31. The van der Waals surface area contributed by atoms with Crippen molar-refractivity contribution in [2.24, 2.45) is 0 Å². The van der Waals surface area contributed by atoms with Gasteiger partial charge in [-0.3, -0.25) is 0 Å².